The minimum Gasteiger partial charge on any atom is -0.368 e. The van der Waals surface area contributed by atoms with Gasteiger partial charge in [-0.1, -0.05) is 6.42 Å². The summed E-state index contributed by atoms with van der Waals surface area (Å²) in [6, 6.07) is 7.42. The van der Waals surface area contributed by atoms with E-state index in [-0.39, 0.29) is 11.2 Å². The van der Waals surface area contributed by atoms with E-state index in [1.807, 2.05) is 18.2 Å². The van der Waals surface area contributed by atoms with Crippen molar-refractivity contribution in [2.75, 3.05) is 17.2 Å². The molecule has 2 aromatic rings. The van der Waals surface area contributed by atoms with E-state index in [4.69, 9.17) is 5.73 Å². The molecule has 0 saturated heterocycles. The summed E-state index contributed by atoms with van der Waals surface area (Å²) in [6.07, 6.45) is 6.60. The first-order valence-electron chi connectivity index (χ1n) is 9.24. The third-order valence-corrected chi connectivity index (χ3v) is 7.64. The molecule has 6 nitrogen and oxygen atoms in total. The Bertz CT molecular complexity index is 921. The van der Waals surface area contributed by atoms with Crippen LogP contribution < -0.4 is 10.6 Å². The van der Waals surface area contributed by atoms with Gasteiger partial charge in [-0.2, -0.15) is 4.98 Å². The molecule has 2 saturated carbocycles. The second-order valence-electron chi connectivity index (χ2n) is 7.11. The predicted octanol–water partition coefficient (Wildman–Crippen LogP) is 3.42. The first-order chi connectivity index (χ1) is 12.5. The van der Waals surface area contributed by atoms with E-state index in [1.54, 1.807) is 12.3 Å². The Kier molecular flexibility index (Phi) is 4.34. The summed E-state index contributed by atoms with van der Waals surface area (Å²) in [5.74, 6) is 1.38. The number of aromatic nitrogens is 2. The number of benzene rings is 1. The average molecular weight is 372 g/mol. The van der Waals surface area contributed by atoms with Crippen LogP contribution in [0.3, 0.4) is 0 Å². The quantitative estimate of drug-likeness (QED) is 0.836. The Balaban J connectivity index is 1.79. The van der Waals surface area contributed by atoms with Gasteiger partial charge in [0.1, 0.15) is 5.82 Å². The molecule has 2 N–H and O–H groups in total. The number of sulfone groups is 1. The van der Waals surface area contributed by atoms with Crippen LogP contribution in [0, 0.1) is 0 Å². The van der Waals surface area contributed by atoms with Gasteiger partial charge in [0.05, 0.1) is 10.1 Å². The summed E-state index contributed by atoms with van der Waals surface area (Å²) in [5.41, 5.74) is 7.88. The fourth-order valence-corrected chi connectivity index (χ4v) is 5.23. The van der Waals surface area contributed by atoms with Gasteiger partial charge in [-0.25, -0.2) is 13.4 Å². The van der Waals surface area contributed by atoms with Crippen LogP contribution in [-0.2, 0) is 9.84 Å². The second kappa shape index (κ2) is 6.54. The van der Waals surface area contributed by atoms with Crippen molar-refractivity contribution in [3.8, 4) is 0 Å². The van der Waals surface area contributed by atoms with Gasteiger partial charge in [0.15, 0.2) is 9.84 Å². The van der Waals surface area contributed by atoms with Gasteiger partial charge in [0.25, 0.3) is 0 Å². The average Bonchev–Trinajstić information content (AvgIpc) is 3.40. The zero-order valence-corrected chi connectivity index (χ0v) is 15.7. The lowest BCUT2D eigenvalue weighted by Crippen LogP contribution is -2.22. The predicted molar refractivity (Wildman–Crippen MR) is 102 cm³/mol. The summed E-state index contributed by atoms with van der Waals surface area (Å²) in [6.45, 7) is 2.77. The maximum Gasteiger partial charge on any atom is 0.221 e. The third kappa shape index (κ3) is 3.05. The Morgan fingerprint density at radius 3 is 2.54 bits per heavy atom. The Labute approximate surface area is 154 Å². The van der Waals surface area contributed by atoms with Gasteiger partial charge in [0.2, 0.25) is 5.95 Å². The Hall–Kier alpha value is -2.15. The highest BCUT2D eigenvalue weighted by Gasteiger charge is 2.37. The van der Waals surface area contributed by atoms with Gasteiger partial charge >= 0.3 is 0 Å². The van der Waals surface area contributed by atoms with E-state index in [1.165, 1.54) is 6.42 Å². The van der Waals surface area contributed by atoms with Gasteiger partial charge in [-0.15, -0.1) is 0 Å². The summed E-state index contributed by atoms with van der Waals surface area (Å²) < 4.78 is 25.4. The van der Waals surface area contributed by atoms with E-state index in [0.29, 0.717) is 17.4 Å². The molecule has 1 aromatic heterocycles. The monoisotopic (exact) mass is 372 g/mol. The summed E-state index contributed by atoms with van der Waals surface area (Å²) >= 11 is 0. The molecule has 4 rings (SSSR count). The molecule has 138 valence electrons. The normalized spacial score (nSPS) is 17.7. The number of nitrogen functional groups attached to an aromatic ring is 1. The highest BCUT2D eigenvalue weighted by molar-refractivity contribution is 7.92. The minimum absolute atomic E-state index is 0.188. The lowest BCUT2D eigenvalue weighted by Gasteiger charge is -2.32. The third-order valence-electron chi connectivity index (χ3n) is 5.38. The van der Waals surface area contributed by atoms with Crippen LogP contribution in [-0.4, -0.2) is 30.2 Å². The number of anilines is 3. The summed E-state index contributed by atoms with van der Waals surface area (Å²) in [5, 5.41) is -0.188. The molecule has 0 aliphatic heterocycles. The number of rotatable bonds is 6. The van der Waals surface area contributed by atoms with Crippen molar-refractivity contribution in [2.24, 2.45) is 0 Å². The molecule has 2 fully saturated rings. The molecule has 0 unspecified atom stereocenters. The van der Waals surface area contributed by atoms with E-state index in [9.17, 15) is 8.42 Å². The molecular weight excluding hydrogens is 348 g/mol. The Morgan fingerprint density at radius 1 is 1.19 bits per heavy atom. The van der Waals surface area contributed by atoms with E-state index >= 15 is 0 Å². The van der Waals surface area contributed by atoms with Gasteiger partial charge in [-0.3, -0.25) is 0 Å². The highest BCUT2D eigenvalue weighted by atomic mass is 32.2. The van der Waals surface area contributed by atoms with E-state index < -0.39 is 9.84 Å². The SMILES string of the molecule is CCN(c1ccnc(N)n1)c1ccc(S(=O)(=O)C2CC2)cc1C1CCC1. The topological polar surface area (TPSA) is 89.2 Å². The fourth-order valence-electron chi connectivity index (χ4n) is 3.54. The maximum absolute atomic E-state index is 12.7. The molecule has 1 heterocycles. The van der Waals surface area contributed by atoms with Gasteiger partial charge in [0, 0.05) is 18.4 Å². The minimum atomic E-state index is -3.19. The lowest BCUT2D eigenvalue weighted by molar-refractivity contribution is 0.419. The molecule has 1 aromatic carbocycles. The maximum atomic E-state index is 12.7. The molecule has 0 amide bonds. The molecule has 2 aliphatic rings. The van der Waals surface area contributed by atoms with Crippen molar-refractivity contribution in [2.45, 2.75) is 55.1 Å². The molecule has 0 bridgehead atoms. The van der Waals surface area contributed by atoms with Gasteiger partial charge < -0.3 is 10.6 Å². The molecule has 0 radical (unpaired) electrons. The number of nitrogens with two attached hydrogens (primary N) is 1. The molecule has 0 atom stereocenters. The van der Waals surface area contributed by atoms with Crippen LogP contribution in [0.2, 0.25) is 0 Å². The smallest absolute Gasteiger partial charge is 0.221 e. The molecule has 26 heavy (non-hydrogen) atoms. The highest BCUT2D eigenvalue weighted by Crippen LogP contribution is 2.44. The van der Waals surface area contributed by atoms with Crippen molar-refractivity contribution in [1.82, 2.24) is 9.97 Å². The molecule has 0 spiro atoms. The summed E-state index contributed by atoms with van der Waals surface area (Å²) in [4.78, 5) is 10.9. The second-order valence-corrected chi connectivity index (χ2v) is 9.34. The molecule has 7 heteroatoms. The van der Waals surface area contributed by atoms with Crippen LogP contribution in [0.15, 0.2) is 35.4 Å². The Morgan fingerprint density at radius 2 is 1.96 bits per heavy atom. The van der Waals surface area contributed by atoms with Crippen LogP contribution in [0.25, 0.3) is 0 Å². The van der Waals surface area contributed by atoms with Crippen molar-refractivity contribution in [1.29, 1.82) is 0 Å². The first-order valence-corrected chi connectivity index (χ1v) is 10.8. The number of hydrogen-bond acceptors (Lipinski definition) is 6. The molecule has 2 aliphatic carbocycles. The zero-order chi connectivity index (χ0) is 18.3. The first kappa shape index (κ1) is 17.3. The summed E-state index contributed by atoms with van der Waals surface area (Å²) in [7, 11) is -3.19. The van der Waals surface area contributed by atoms with E-state index in [2.05, 4.69) is 21.8 Å². The number of hydrogen-bond donors (Lipinski definition) is 1. The van der Waals surface area contributed by atoms with Crippen molar-refractivity contribution in [3.05, 3.63) is 36.0 Å². The van der Waals surface area contributed by atoms with Gasteiger partial charge in [-0.05, 0) is 68.4 Å². The lowest BCUT2D eigenvalue weighted by atomic mass is 9.79. The van der Waals surface area contributed by atoms with Crippen molar-refractivity contribution >= 4 is 27.3 Å². The largest absolute Gasteiger partial charge is 0.368 e. The van der Waals surface area contributed by atoms with Crippen LogP contribution in [0.1, 0.15) is 50.5 Å². The molecular formula is C19H24N4O2S. The fraction of sp³-hybridized carbons (Fsp3) is 0.474. The zero-order valence-electron chi connectivity index (χ0n) is 14.9. The van der Waals surface area contributed by atoms with E-state index in [0.717, 1.165) is 42.8 Å². The van der Waals surface area contributed by atoms with Crippen molar-refractivity contribution < 1.29 is 8.42 Å². The van der Waals surface area contributed by atoms with Crippen molar-refractivity contribution in [3.63, 3.8) is 0 Å². The van der Waals surface area contributed by atoms with Crippen LogP contribution >= 0.6 is 0 Å². The van der Waals surface area contributed by atoms with Crippen LogP contribution in [0.5, 0.6) is 0 Å². The number of nitrogens with zero attached hydrogens (tertiary/aromatic N) is 3. The standard InChI is InChI=1S/C19H24N4O2S/c1-2-23(18-10-11-21-19(20)22-18)17-9-8-15(26(24,25)14-6-7-14)12-16(17)13-4-3-5-13/h8-14H,2-7H2,1H3,(H2,20,21,22). The van der Waals surface area contributed by atoms with Crippen LogP contribution in [0.4, 0.5) is 17.5 Å².